The van der Waals surface area contributed by atoms with Crippen molar-refractivity contribution in [2.24, 2.45) is 0 Å². The van der Waals surface area contributed by atoms with E-state index in [1.54, 1.807) is 0 Å². The Bertz CT molecular complexity index is 263. The number of halogens is 3. The lowest BCUT2D eigenvalue weighted by molar-refractivity contribution is 1.20. The van der Waals surface area contributed by atoms with Crippen LogP contribution in [0, 0.1) is 0 Å². The molecule has 1 aromatic carbocycles. The van der Waals surface area contributed by atoms with Crippen molar-refractivity contribution in [3.05, 3.63) is 25.6 Å². The summed E-state index contributed by atoms with van der Waals surface area (Å²) in [6.07, 6.45) is 0. The molecule has 0 aliphatic heterocycles. The van der Waals surface area contributed by atoms with Crippen LogP contribution in [0.4, 0.5) is 5.69 Å². The van der Waals surface area contributed by atoms with Crippen LogP contribution in [0.5, 0.6) is 0 Å². The van der Waals surface area contributed by atoms with Gasteiger partial charge in [-0.1, -0.05) is 15.9 Å². The highest BCUT2D eigenvalue weighted by Gasteiger charge is 2.04. The quantitative estimate of drug-likeness (QED) is 0.827. The molecule has 0 atom stereocenters. The Morgan fingerprint density at radius 2 is 1.67 bits per heavy atom. The average molecular weight is 358 g/mol. The molecule has 0 saturated heterocycles. The molecule has 0 aliphatic rings. The molecule has 0 bridgehead atoms. The lowest BCUT2D eigenvalue weighted by Gasteiger charge is -2.08. The smallest absolute Gasteiger partial charge is 0.0629 e. The second-order valence-electron chi connectivity index (χ2n) is 2.27. The second kappa shape index (κ2) is 4.63. The Kier molecular flexibility index (Phi) is 4.06. The maximum atomic E-state index is 3.48. The molecule has 66 valence electrons. The van der Waals surface area contributed by atoms with Crippen LogP contribution in [0.1, 0.15) is 6.92 Å². The van der Waals surface area contributed by atoms with Crippen molar-refractivity contribution in [1.82, 2.24) is 0 Å². The van der Waals surface area contributed by atoms with Crippen LogP contribution in [-0.2, 0) is 0 Å². The molecule has 0 amide bonds. The maximum Gasteiger partial charge on any atom is 0.0629 e. The molecule has 0 aromatic heterocycles. The summed E-state index contributed by atoms with van der Waals surface area (Å²) in [6.45, 7) is 2.99. The van der Waals surface area contributed by atoms with E-state index in [4.69, 9.17) is 0 Å². The average Bonchev–Trinajstić information content (AvgIpc) is 1.96. The van der Waals surface area contributed by atoms with Crippen LogP contribution in [0.2, 0.25) is 0 Å². The number of hydrogen-bond donors (Lipinski definition) is 1. The zero-order chi connectivity index (χ0) is 9.14. The Morgan fingerprint density at radius 3 is 2.08 bits per heavy atom. The van der Waals surface area contributed by atoms with Crippen molar-refractivity contribution < 1.29 is 0 Å². The summed E-state index contributed by atoms with van der Waals surface area (Å²) < 4.78 is 3.18. The molecule has 0 fully saturated rings. The maximum absolute atomic E-state index is 3.48. The summed E-state index contributed by atoms with van der Waals surface area (Å²) in [4.78, 5) is 0. The van der Waals surface area contributed by atoms with Crippen molar-refractivity contribution in [3.63, 3.8) is 0 Å². The molecule has 0 aliphatic carbocycles. The van der Waals surface area contributed by atoms with Crippen LogP contribution < -0.4 is 5.32 Å². The fourth-order valence-corrected chi connectivity index (χ4v) is 3.43. The molecule has 12 heavy (non-hydrogen) atoms. The molecule has 0 unspecified atom stereocenters. The topological polar surface area (TPSA) is 12.0 Å². The van der Waals surface area contributed by atoms with Gasteiger partial charge in [-0.05, 0) is 50.9 Å². The molecule has 0 radical (unpaired) electrons. The predicted molar refractivity (Wildman–Crippen MR) is 63.7 cm³/mol. The monoisotopic (exact) mass is 355 g/mol. The standard InChI is InChI=1S/C8H8Br3N/c1-2-12-8-6(10)3-5(9)4-7(8)11/h3-4,12H,2H2,1H3. The summed E-state index contributed by atoms with van der Waals surface area (Å²) in [5, 5.41) is 3.26. The normalized spacial score (nSPS) is 10.0. The fraction of sp³-hybridized carbons (Fsp3) is 0.250. The van der Waals surface area contributed by atoms with E-state index in [0.29, 0.717) is 0 Å². The van der Waals surface area contributed by atoms with Gasteiger partial charge >= 0.3 is 0 Å². The number of anilines is 1. The number of hydrogen-bond acceptors (Lipinski definition) is 1. The van der Waals surface area contributed by atoms with Crippen molar-refractivity contribution in [1.29, 1.82) is 0 Å². The third-order valence-corrected chi connectivity index (χ3v) is 3.07. The summed E-state index contributed by atoms with van der Waals surface area (Å²) >= 11 is 10.4. The van der Waals surface area contributed by atoms with Gasteiger partial charge in [-0.25, -0.2) is 0 Å². The summed E-state index contributed by atoms with van der Waals surface area (Å²) in [5.41, 5.74) is 1.10. The molecule has 1 rings (SSSR count). The SMILES string of the molecule is CCNc1c(Br)cc(Br)cc1Br. The van der Waals surface area contributed by atoms with Crippen LogP contribution in [-0.4, -0.2) is 6.54 Å². The minimum Gasteiger partial charge on any atom is -0.383 e. The largest absolute Gasteiger partial charge is 0.383 e. The van der Waals surface area contributed by atoms with E-state index in [1.165, 1.54) is 0 Å². The lowest BCUT2D eigenvalue weighted by atomic mass is 10.3. The van der Waals surface area contributed by atoms with E-state index >= 15 is 0 Å². The summed E-state index contributed by atoms with van der Waals surface area (Å²) in [7, 11) is 0. The van der Waals surface area contributed by atoms with Gasteiger partial charge in [-0.2, -0.15) is 0 Å². The fourth-order valence-electron chi connectivity index (χ4n) is 0.888. The van der Waals surface area contributed by atoms with Gasteiger partial charge in [0.05, 0.1) is 5.69 Å². The lowest BCUT2D eigenvalue weighted by Crippen LogP contribution is -1.98. The third-order valence-electron chi connectivity index (χ3n) is 1.36. The van der Waals surface area contributed by atoms with Crippen molar-refractivity contribution in [2.75, 3.05) is 11.9 Å². The predicted octanol–water partition coefficient (Wildman–Crippen LogP) is 4.41. The van der Waals surface area contributed by atoms with E-state index in [9.17, 15) is 0 Å². The Hall–Kier alpha value is 0.460. The van der Waals surface area contributed by atoms with Gasteiger partial charge < -0.3 is 5.32 Å². The first-order chi connectivity index (χ1) is 5.65. The molecule has 0 heterocycles. The van der Waals surface area contributed by atoms with Crippen molar-refractivity contribution in [2.45, 2.75) is 6.92 Å². The molecule has 4 heteroatoms. The Balaban J connectivity index is 3.10. The van der Waals surface area contributed by atoms with E-state index in [1.807, 2.05) is 12.1 Å². The molecule has 1 aromatic rings. The van der Waals surface area contributed by atoms with Gasteiger partial charge in [0.1, 0.15) is 0 Å². The number of rotatable bonds is 2. The van der Waals surface area contributed by atoms with Crippen LogP contribution >= 0.6 is 47.8 Å². The third kappa shape index (κ3) is 2.47. The van der Waals surface area contributed by atoms with Gasteiger partial charge in [-0.3, -0.25) is 0 Å². The van der Waals surface area contributed by atoms with E-state index in [0.717, 1.165) is 25.7 Å². The Morgan fingerprint density at radius 1 is 1.17 bits per heavy atom. The highest BCUT2D eigenvalue weighted by molar-refractivity contribution is 9.11. The van der Waals surface area contributed by atoms with Gasteiger partial charge in [0.2, 0.25) is 0 Å². The van der Waals surface area contributed by atoms with Crippen LogP contribution in [0.15, 0.2) is 25.6 Å². The van der Waals surface area contributed by atoms with Crippen molar-refractivity contribution >= 4 is 53.5 Å². The minimum absolute atomic E-state index is 0.916. The van der Waals surface area contributed by atoms with E-state index in [-0.39, 0.29) is 0 Å². The van der Waals surface area contributed by atoms with Gasteiger partial charge in [0.15, 0.2) is 0 Å². The highest BCUT2D eigenvalue weighted by Crippen LogP contribution is 2.33. The molecule has 0 spiro atoms. The molecule has 0 saturated carbocycles. The second-order valence-corrected chi connectivity index (χ2v) is 4.90. The first kappa shape index (κ1) is 10.5. The van der Waals surface area contributed by atoms with E-state index < -0.39 is 0 Å². The zero-order valence-electron chi connectivity index (χ0n) is 6.50. The Labute approximate surface area is 97.3 Å². The molecule has 1 N–H and O–H groups in total. The first-order valence-electron chi connectivity index (χ1n) is 3.53. The first-order valence-corrected chi connectivity index (χ1v) is 5.91. The van der Waals surface area contributed by atoms with Gasteiger partial charge in [-0.15, -0.1) is 0 Å². The van der Waals surface area contributed by atoms with Gasteiger partial charge in [0.25, 0.3) is 0 Å². The summed E-state index contributed by atoms with van der Waals surface area (Å²) in [6, 6.07) is 4.03. The van der Waals surface area contributed by atoms with Gasteiger partial charge in [0, 0.05) is 20.0 Å². The molecular weight excluding hydrogens is 350 g/mol. The van der Waals surface area contributed by atoms with Crippen LogP contribution in [0.25, 0.3) is 0 Å². The highest BCUT2D eigenvalue weighted by atomic mass is 79.9. The minimum atomic E-state index is 0.916. The van der Waals surface area contributed by atoms with E-state index in [2.05, 4.69) is 60.0 Å². The number of benzene rings is 1. The molecular formula is C8H8Br3N. The van der Waals surface area contributed by atoms with Crippen LogP contribution in [0.3, 0.4) is 0 Å². The zero-order valence-corrected chi connectivity index (χ0v) is 11.3. The molecule has 1 nitrogen and oxygen atoms in total. The summed E-state index contributed by atoms with van der Waals surface area (Å²) in [5.74, 6) is 0. The van der Waals surface area contributed by atoms with Crippen molar-refractivity contribution in [3.8, 4) is 0 Å². The number of nitrogens with one attached hydrogen (secondary N) is 1.